The Morgan fingerprint density at radius 2 is 1.53 bits per heavy atom. The molecule has 4 bridgehead atoms. The summed E-state index contributed by atoms with van der Waals surface area (Å²) in [7, 11) is 1.51. The van der Waals surface area contributed by atoms with Crippen LogP contribution in [-0.4, -0.2) is 103 Å². The minimum Gasteiger partial charge on any atom is -0.492 e. The molecule has 3 aromatic carbocycles. The van der Waals surface area contributed by atoms with Gasteiger partial charge in [0.15, 0.2) is 23.2 Å². The molecule has 4 atom stereocenters. The fourth-order valence-electron chi connectivity index (χ4n) is 8.61. The van der Waals surface area contributed by atoms with Crippen molar-refractivity contribution in [3.63, 3.8) is 0 Å². The molecular weight excluding hydrogens is 839 g/mol. The molecule has 0 spiro atoms. The van der Waals surface area contributed by atoms with Gasteiger partial charge in [0.2, 0.25) is 11.8 Å². The number of likely N-dealkylation sites (N-methyl/N-ethyl adjacent to an activating group) is 1. The largest absolute Gasteiger partial charge is 0.492 e. The zero-order chi connectivity index (χ0) is 47.5. The summed E-state index contributed by atoms with van der Waals surface area (Å²) in [6.45, 7) is 8.00. The summed E-state index contributed by atoms with van der Waals surface area (Å²) in [6, 6.07) is 18.3. The first-order chi connectivity index (χ1) is 31.8. The molecule has 7 N–H and O–H groups in total. The van der Waals surface area contributed by atoms with E-state index < -0.39 is 41.5 Å². The van der Waals surface area contributed by atoms with Crippen LogP contribution in [0.1, 0.15) is 84.4 Å². The Morgan fingerprint density at radius 3 is 2.12 bits per heavy atom. The van der Waals surface area contributed by atoms with Gasteiger partial charge >= 0.3 is 0 Å². The Hall–Kier alpha value is -6.54. The molecule has 0 saturated carbocycles. The number of ketones is 3. The first-order valence-electron chi connectivity index (χ1n) is 22.6. The van der Waals surface area contributed by atoms with Gasteiger partial charge in [0.05, 0.1) is 29.1 Å². The molecule has 16 heteroatoms. The van der Waals surface area contributed by atoms with Crippen LogP contribution in [-0.2, 0) is 25.6 Å². The number of Topliss-reactive ketones (excluding diaryl/α,β-unsaturated/α-hetero) is 3. The highest BCUT2D eigenvalue weighted by molar-refractivity contribution is 6.01. The van der Waals surface area contributed by atoms with Gasteiger partial charge in [-0.2, -0.15) is 5.26 Å². The summed E-state index contributed by atoms with van der Waals surface area (Å²) >= 11 is 0. The zero-order valence-corrected chi connectivity index (χ0v) is 38.3. The molecule has 0 radical (unpaired) electrons. The SMILES string of the molecule is Cc1nc(-c2ccc(N3CCC3)cc2)nc(C)c1C(=O)C[C@@H](CCN)C(=O)N(C)[C@@H]1C(=O)C[C@@H](C)C(=O)N[C@H](C(=O)CCC#N)Cc2ccc(OCCN)c(c2)-c2cc1ccc2OCCN. The fraction of sp³-hybridized carbons (Fsp3) is 0.440. The van der Waals surface area contributed by atoms with Gasteiger partial charge < -0.3 is 41.8 Å². The van der Waals surface area contributed by atoms with E-state index >= 15 is 0 Å². The highest BCUT2D eigenvalue weighted by Crippen LogP contribution is 2.41. The number of nitrogens with zero attached hydrogens (tertiary/aromatic N) is 5. The topological polar surface area (TPSA) is 250 Å². The number of aryl methyl sites for hydroxylation is 2. The Kier molecular flexibility index (Phi) is 16.7. The number of ether oxygens (including phenoxy) is 2. The monoisotopic (exact) mass is 899 g/mol. The maximum absolute atomic E-state index is 14.8. The minimum absolute atomic E-state index is 0.0307. The molecule has 6 rings (SSSR count). The van der Waals surface area contributed by atoms with E-state index in [1.54, 1.807) is 51.1 Å². The van der Waals surface area contributed by atoms with E-state index in [1.165, 1.54) is 18.4 Å². The van der Waals surface area contributed by atoms with Crippen molar-refractivity contribution in [2.45, 2.75) is 77.8 Å². The summed E-state index contributed by atoms with van der Waals surface area (Å²) < 4.78 is 12.3. The lowest BCUT2D eigenvalue weighted by Crippen LogP contribution is -2.46. The van der Waals surface area contributed by atoms with Gasteiger partial charge in [-0.1, -0.05) is 19.1 Å². The van der Waals surface area contributed by atoms with Crippen molar-refractivity contribution in [3.8, 4) is 40.1 Å². The number of rotatable bonds is 18. The van der Waals surface area contributed by atoms with Gasteiger partial charge in [-0.15, -0.1) is 0 Å². The van der Waals surface area contributed by atoms with Gasteiger partial charge in [-0.25, -0.2) is 9.97 Å². The molecule has 16 nitrogen and oxygen atoms in total. The predicted molar refractivity (Wildman–Crippen MR) is 251 cm³/mol. The molecule has 1 aromatic heterocycles. The maximum Gasteiger partial charge on any atom is 0.226 e. The zero-order valence-electron chi connectivity index (χ0n) is 38.3. The summed E-state index contributed by atoms with van der Waals surface area (Å²) in [5, 5.41) is 12.1. The number of nitriles is 1. The van der Waals surface area contributed by atoms with E-state index in [2.05, 4.69) is 10.2 Å². The molecule has 1 fully saturated rings. The molecule has 3 heterocycles. The number of anilines is 1. The first kappa shape index (κ1) is 48.9. The highest BCUT2D eigenvalue weighted by atomic mass is 16.5. The number of nitrogens with one attached hydrogen (secondary N) is 1. The quantitative estimate of drug-likeness (QED) is 0.100. The standard InChI is InChI=1S/C50H61N9O7/c1-30-25-43(62)47(58(4)50(64)36(16-18-52)29-42(61)46-31(2)55-48(56-32(46)3)34-9-12-37(13-10-34)59-21-6-22-59)35-11-15-45(66-24-20-54)39(28-35)38-26-33(8-14-44(38)65-23-19-53)27-40(57-49(30)63)41(60)7-5-17-51/h8-15,26,28,30,36,40,47H,5-7,16,18-25,27,29,52-54H2,1-4H3,(H,57,63)/t30-,36-,40+,47+/m1/s1. The number of nitrogens with two attached hydrogens (primary N) is 3. The van der Waals surface area contributed by atoms with Crippen LogP contribution in [0.5, 0.6) is 11.5 Å². The molecule has 2 aliphatic heterocycles. The van der Waals surface area contributed by atoms with Crippen LogP contribution >= 0.6 is 0 Å². The number of hydrogen-bond donors (Lipinski definition) is 4. The first-order valence-corrected chi connectivity index (χ1v) is 22.6. The van der Waals surface area contributed by atoms with Gasteiger partial charge in [-0.3, -0.25) is 24.0 Å². The molecule has 1 saturated heterocycles. The van der Waals surface area contributed by atoms with Crippen molar-refractivity contribution in [1.82, 2.24) is 20.2 Å². The van der Waals surface area contributed by atoms with E-state index in [-0.39, 0.29) is 82.9 Å². The van der Waals surface area contributed by atoms with E-state index in [4.69, 9.17) is 36.6 Å². The summed E-state index contributed by atoms with van der Waals surface area (Å²) in [6.07, 6.45) is 0.786. The molecule has 348 valence electrons. The number of aromatic nitrogens is 2. The highest BCUT2D eigenvalue weighted by Gasteiger charge is 2.36. The molecule has 2 aliphatic rings. The van der Waals surface area contributed by atoms with Gasteiger partial charge in [0, 0.05) is 93.1 Å². The number of carbonyl (C=O) groups excluding carboxylic acids is 5. The third kappa shape index (κ3) is 11.5. The van der Waals surface area contributed by atoms with Crippen molar-refractivity contribution >= 4 is 34.9 Å². The van der Waals surface area contributed by atoms with Crippen LogP contribution in [0, 0.1) is 37.0 Å². The summed E-state index contributed by atoms with van der Waals surface area (Å²) in [4.78, 5) is 84.2. The van der Waals surface area contributed by atoms with Crippen LogP contribution in [0.4, 0.5) is 5.69 Å². The van der Waals surface area contributed by atoms with Crippen LogP contribution in [0.3, 0.4) is 0 Å². The molecule has 2 amide bonds. The predicted octanol–water partition coefficient (Wildman–Crippen LogP) is 4.56. The molecule has 4 aromatic rings. The number of amides is 2. The Balaban J connectivity index is 1.37. The van der Waals surface area contributed by atoms with Gasteiger partial charge in [-0.05, 0) is 99.3 Å². The number of fused-ring (bicyclic) bond motifs is 5. The lowest BCUT2D eigenvalue weighted by Gasteiger charge is -2.33. The maximum atomic E-state index is 14.8. The molecule has 0 aliphatic carbocycles. The fourth-order valence-corrected chi connectivity index (χ4v) is 8.61. The Labute approximate surface area is 386 Å². The lowest BCUT2D eigenvalue weighted by atomic mass is 9.88. The number of benzene rings is 3. The second-order valence-electron chi connectivity index (χ2n) is 17.1. The van der Waals surface area contributed by atoms with Crippen molar-refractivity contribution in [3.05, 3.63) is 88.7 Å². The van der Waals surface area contributed by atoms with Crippen molar-refractivity contribution in [1.29, 1.82) is 5.26 Å². The molecule has 66 heavy (non-hydrogen) atoms. The van der Waals surface area contributed by atoms with Crippen LogP contribution < -0.4 is 36.9 Å². The normalized spacial score (nSPS) is 17.7. The van der Waals surface area contributed by atoms with E-state index in [0.29, 0.717) is 56.5 Å². The third-order valence-corrected chi connectivity index (χ3v) is 12.2. The van der Waals surface area contributed by atoms with Crippen molar-refractivity contribution in [2.24, 2.45) is 29.0 Å². The Bertz CT molecular complexity index is 2440. The lowest BCUT2D eigenvalue weighted by molar-refractivity contribution is -0.142. The van der Waals surface area contributed by atoms with E-state index in [1.807, 2.05) is 36.4 Å². The number of carbonyl (C=O) groups is 5. The summed E-state index contributed by atoms with van der Waals surface area (Å²) in [5.41, 5.74) is 23.2. The Morgan fingerprint density at radius 1 is 0.894 bits per heavy atom. The second-order valence-corrected chi connectivity index (χ2v) is 17.1. The second kappa shape index (κ2) is 22.6. The third-order valence-electron chi connectivity index (χ3n) is 12.2. The number of hydrogen-bond acceptors (Lipinski definition) is 14. The molecular formula is C50H61N9O7. The molecule has 0 unspecified atom stereocenters. The van der Waals surface area contributed by atoms with Crippen LogP contribution in [0.25, 0.3) is 22.5 Å². The van der Waals surface area contributed by atoms with Gasteiger partial charge in [0.25, 0.3) is 0 Å². The van der Waals surface area contributed by atoms with Crippen molar-refractivity contribution in [2.75, 3.05) is 57.9 Å². The van der Waals surface area contributed by atoms with Crippen molar-refractivity contribution < 1.29 is 33.4 Å². The average Bonchev–Trinajstić information content (AvgIpc) is 3.28. The minimum atomic E-state index is -1.24. The van der Waals surface area contributed by atoms with Gasteiger partial charge in [0.1, 0.15) is 30.8 Å². The van der Waals surface area contributed by atoms with Crippen LogP contribution in [0.15, 0.2) is 60.7 Å². The smallest absolute Gasteiger partial charge is 0.226 e. The summed E-state index contributed by atoms with van der Waals surface area (Å²) in [5.74, 6) is -2.66. The van der Waals surface area contributed by atoms with E-state index in [0.717, 1.165) is 24.3 Å². The average molecular weight is 900 g/mol. The van der Waals surface area contributed by atoms with Crippen LogP contribution in [0.2, 0.25) is 0 Å². The van der Waals surface area contributed by atoms with E-state index in [9.17, 15) is 29.2 Å².